The largest absolute Gasteiger partial charge is 0.496 e. The minimum atomic E-state index is 0.305. The van der Waals surface area contributed by atoms with Gasteiger partial charge < -0.3 is 4.74 Å². The van der Waals surface area contributed by atoms with Crippen LogP contribution in [0.15, 0.2) is 16.6 Å². The predicted molar refractivity (Wildman–Crippen MR) is 62.8 cm³/mol. The molecule has 0 amide bonds. The van der Waals surface area contributed by atoms with Crippen molar-refractivity contribution in [3.63, 3.8) is 0 Å². The van der Waals surface area contributed by atoms with Gasteiger partial charge in [0.15, 0.2) is 0 Å². The van der Waals surface area contributed by atoms with Gasteiger partial charge in [-0.25, -0.2) is 0 Å². The summed E-state index contributed by atoms with van der Waals surface area (Å²) >= 11 is 7.03. The Labute approximate surface area is 95.7 Å². The zero-order valence-electron chi connectivity index (χ0n) is 7.90. The molecule has 0 aliphatic rings. The quantitative estimate of drug-likeness (QED) is 0.743. The molecule has 0 fully saturated rings. The van der Waals surface area contributed by atoms with Crippen molar-refractivity contribution >= 4 is 31.9 Å². The van der Waals surface area contributed by atoms with Crippen molar-refractivity contribution in [1.82, 2.24) is 0 Å². The second-order valence-electron chi connectivity index (χ2n) is 2.96. The maximum absolute atomic E-state index is 5.29. The molecular weight excluding hydrogens is 296 g/mol. The molecular formula is C10H12Br2O. The number of ether oxygens (including phenoxy) is 1. The molecule has 0 aromatic heterocycles. The van der Waals surface area contributed by atoms with E-state index >= 15 is 0 Å². The van der Waals surface area contributed by atoms with Gasteiger partial charge in [-0.2, -0.15) is 0 Å². The molecule has 72 valence electrons. The summed E-state index contributed by atoms with van der Waals surface area (Å²) in [5.74, 6) is 0.935. The summed E-state index contributed by atoms with van der Waals surface area (Å²) in [6, 6.07) is 4.13. The van der Waals surface area contributed by atoms with E-state index in [0.29, 0.717) is 4.83 Å². The minimum absolute atomic E-state index is 0.305. The van der Waals surface area contributed by atoms with Crippen molar-refractivity contribution in [3.05, 3.63) is 27.7 Å². The summed E-state index contributed by atoms with van der Waals surface area (Å²) < 4.78 is 6.41. The summed E-state index contributed by atoms with van der Waals surface area (Å²) in [6.07, 6.45) is 0. The van der Waals surface area contributed by atoms with E-state index in [1.54, 1.807) is 7.11 Å². The van der Waals surface area contributed by atoms with Gasteiger partial charge in [0, 0.05) is 14.9 Å². The van der Waals surface area contributed by atoms with Gasteiger partial charge in [-0.15, -0.1) is 0 Å². The van der Waals surface area contributed by atoms with Gasteiger partial charge in [0.2, 0.25) is 0 Å². The molecule has 0 aliphatic carbocycles. The fourth-order valence-electron chi connectivity index (χ4n) is 1.16. The first-order valence-corrected chi connectivity index (χ1v) is 5.75. The molecule has 0 bridgehead atoms. The molecule has 0 spiro atoms. The zero-order chi connectivity index (χ0) is 10.0. The first-order valence-electron chi connectivity index (χ1n) is 4.04. The summed E-state index contributed by atoms with van der Waals surface area (Å²) in [5, 5.41) is 0. The van der Waals surface area contributed by atoms with E-state index in [-0.39, 0.29) is 0 Å². The first-order chi connectivity index (χ1) is 6.06. The van der Waals surface area contributed by atoms with E-state index in [0.717, 1.165) is 10.2 Å². The number of alkyl halides is 1. The lowest BCUT2D eigenvalue weighted by molar-refractivity contribution is 0.409. The normalized spacial score (nSPS) is 12.7. The molecule has 0 N–H and O–H groups in total. The van der Waals surface area contributed by atoms with E-state index in [1.165, 1.54) is 11.1 Å². The molecule has 0 saturated heterocycles. The molecule has 1 aromatic carbocycles. The van der Waals surface area contributed by atoms with E-state index < -0.39 is 0 Å². The summed E-state index contributed by atoms with van der Waals surface area (Å²) in [7, 11) is 1.70. The molecule has 0 radical (unpaired) electrons. The van der Waals surface area contributed by atoms with Crippen LogP contribution in [-0.2, 0) is 0 Å². The maximum atomic E-state index is 5.29. The van der Waals surface area contributed by atoms with Crippen LogP contribution >= 0.6 is 31.9 Å². The second-order valence-corrected chi connectivity index (χ2v) is 5.19. The van der Waals surface area contributed by atoms with Crippen LogP contribution in [0.25, 0.3) is 0 Å². The lowest BCUT2D eigenvalue weighted by Crippen LogP contribution is -1.93. The van der Waals surface area contributed by atoms with Gasteiger partial charge in [-0.1, -0.05) is 31.9 Å². The number of benzene rings is 1. The fraction of sp³-hybridized carbons (Fsp3) is 0.400. The first kappa shape index (κ1) is 11.1. The van der Waals surface area contributed by atoms with Crippen LogP contribution in [0.4, 0.5) is 0 Å². The molecule has 1 unspecified atom stereocenters. The highest BCUT2D eigenvalue weighted by molar-refractivity contribution is 9.10. The van der Waals surface area contributed by atoms with Gasteiger partial charge >= 0.3 is 0 Å². The summed E-state index contributed by atoms with van der Waals surface area (Å²) in [5.41, 5.74) is 2.36. The number of aryl methyl sites for hydroxylation is 1. The van der Waals surface area contributed by atoms with E-state index in [2.05, 4.69) is 51.8 Å². The van der Waals surface area contributed by atoms with E-state index in [4.69, 9.17) is 4.74 Å². The summed E-state index contributed by atoms with van der Waals surface area (Å²) in [6.45, 7) is 4.13. The molecule has 3 heteroatoms. The monoisotopic (exact) mass is 306 g/mol. The van der Waals surface area contributed by atoms with Crippen LogP contribution in [0.2, 0.25) is 0 Å². The van der Waals surface area contributed by atoms with E-state index in [1.807, 2.05) is 6.07 Å². The molecule has 0 aliphatic heterocycles. The van der Waals surface area contributed by atoms with Crippen molar-refractivity contribution in [2.45, 2.75) is 18.7 Å². The number of hydrogen-bond acceptors (Lipinski definition) is 1. The second kappa shape index (κ2) is 4.47. The fourth-order valence-corrected chi connectivity index (χ4v) is 1.88. The lowest BCUT2D eigenvalue weighted by atomic mass is 10.1. The molecule has 1 rings (SSSR count). The average molecular weight is 308 g/mol. The van der Waals surface area contributed by atoms with Crippen LogP contribution < -0.4 is 4.74 Å². The minimum Gasteiger partial charge on any atom is -0.496 e. The molecule has 0 heterocycles. The highest BCUT2D eigenvalue weighted by Gasteiger charge is 2.10. The highest BCUT2D eigenvalue weighted by Crippen LogP contribution is 2.34. The number of methoxy groups -OCH3 is 1. The molecule has 0 saturated carbocycles. The van der Waals surface area contributed by atoms with Crippen molar-refractivity contribution in [1.29, 1.82) is 0 Å². The lowest BCUT2D eigenvalue weighted by Gasteiger charge is -2.12. The maximum Gasteiger partial charge on any atom is 0.123 e. The Morgan fingerprint density at radius 2 is 2.00 bits per heavy atom. The molecule has 1 nitrogen and oxygen atoms in total. The zero-order valence-corrected chi connectivity index (χ0v) is 11.1. The van der Waals surface area contributed by atoms with Crippen molar-refractivity contribution in [2.24, 2.45) is 0 Å². The Hall–Kier alpha value is -0.0200. The smallest absolute Gasteiger partial charge is 0.123 e. The standard InChI is InChI=1S/C10H12Br2O/c1-6-4-10(13-3)8(7(2)11)5-9(6)12/h4-5,7H,1-3H3. The van der Waals surface area contributed by atoms with Gasteiger partial charge in [0.05, 0.1) is 7.11 Å². The molecule has 13 heavy (non-hydrogen) atoms. The van der Waals surface area contributed by atoms with Crippen molar-refractivity contribution in [3.8, 4) is 5.75 Å². The van der Waals surface area contributed by atoms with Gasteiger partial charge in [-0.3, -0.25) is 0 Å². The van der Waals surface area contributed by atoms with Gasteiger partial charge in [0.25, 0.3) is 0 Å². The highest BCUT2D eigenvalue weighted by atomic mass is 79.9. The van der Waals surface area contributed by atoms with Crippen molar-refractivity contribution < 1.29 is 4.74 Å². The van der Waals surface area contributed by atoms with E-state index in [9.17, 15) is 0 Å². The molecule has 1 atom stereocenters. The molecule has 1 aromatic rings. The Balaban J connectivity index is 3.25. The average Bonchev–Trinajstić information content (AvgIpc) is 2.08. The Bertz CT molecular complexity index is 308. The Kier molecular flexibility index (Phi) is 3.80. The number of halogens is 2. The van der Waals surface area contributed by atoms with Crippen LogP contribution in [0, 0.1) is 6.92 Å². The van der Waals surface area contributed by atoms with Crippen LogP contribution in [0.1, 0.15) is 22.9 Å². The Morgan fingerprint density at radius 1 is 1.38 bits per heavy atom. The summed E-state index contributed by atoms with van der Waals surface area (Å²) in [4.78, 5) is 0.305. The van der Waals surface area contributed by atoms with Gasteiger partial charge in [0.1, 0.15) is 5.75 Å². The van der Waals surface area contributed by atoms with Crippen LogP contribution in [0.3, 0.4) is 0 Å². The van der Waals surface area contributed by atoms with Crippen LogP contribution in [0.5, 0.6) is 5.75 Å². The third-order valence-corrected chi connectivity index (χ3v) is 3.29. The predicted octanol–water partition coefficient (Wildman–Crippen LogP) is 4.22. The topological polar surface area (TPSA) is 9.23 Å². The number of rotatable bonds is 2. The third-order valence-electron chi connectivity index (χ3n) is 1.94. The number of hydrogen-bond donors (Lipinski definition) is 0. The van der Waals surface area contributed by atoms with Gasteiger partial charge in [-0.05, 0) is 31.5 Å². The van der Waals surface area contributed by atoms with Crippen LogP contribution in [-0.4, -0.2) is 7.11 Å². The Morgan fingerprint density at radius 3 is 2.46 bits per heavy atom. The third kappa shape index (κ3) is 2.47. The van der Waals surface area contributed by atoms with Crippen molar-refractivity contribution in [2.75, 3.05) is 7.11 Å². The SMILES string of the molecule is COc1cc(C)c(Br)cc1C(C)Br.